The lowest BCUT2D eigenvalue weighted by atomic mass is 9.86. The maximum atomic E-state index is 15.0. The third-order valence-electron chi connectivity index (χ3n) is 10.8. The second kappa shape index (κ2) is 10.0. The first-order valence-corrected chi connectivity index (χ1v) is 15.9. The molecule has 0 bridgehead atoms. The van der Waals surface area contributed by atoms with Crippen LogP contribution in [0.3, 0.4) is 0 Å². The fourth-order valence-electron chi connectivity index (χ4n) is 8.60. The molecule has 2 aromatic carbocycles. The number of aromatic nitrogens is 2. The van der Waals surface area contributed by atoms with Crippen molar-refractivity contribution in [3.8, 4) is 11.8 Å². The van der Waals surface area contributed by atoms with Crippen molar-refractivity contribution >= 4 is 28.2 Å². The number of rotatable bonds is 6. The Morgan fingerprint density at radius 3 is 2.70 bits per heavy atom. The van der Waals surface area contributed by atoms with Gasteiger partial charge in [-0.1, -0.05) is 13.0 Å². The first-order valence-electron chi connectivity index (χ1n) is 15.9. The van der Waals surface area contributed by atoms with E-state index in [9.17, 15) is 14.3 Å². The summed E-state index contributed by atoms with van der Waals surface area (Å²) in [5.74, 6) is 0.121. The fraction of sp³-hybridized carbons (Fsp3) is 0.545. The molecule has 9 nitrogen and oxygen atoms in total. The highest BCUT2D eigenvalue weighted by Gasteiger charge is 2.46. The van der Waals surface area contributed by atoms with Crippen molar-refractivity contribution in [1.82, 2.24) is 20.2 Å². The molecule has 0 saturated carbocycles. The number of fused-ring (bicyclic) bond motifs is 3. The van der Waals surface area contributed by atoms with Crippen LogP contribution in [-0.2, 0) is 13.0 Å². The summed E-state index contributed by atoms with van der Waals surface area (Å²) in [5, 5.41) is 15.5. The number of aryl methyl sites for hydroxylation is 1. The Morgan fingerprint density at radius 2 is 1.93 bits per heavy atom. The van der Waals surface area contributed by atoms with Crippen molar-refractivity contribution < 1.29 is 19.0 Å². The van der Waals surface area contributed by atoms with Crippen LogP contribution >= 0.6 is 0 Å². The van der Waals surface area contributed by atoms with E-state index in [-0.39, 0.29) is 35.0 Å². The third-order valence-corrected chi connectivity index (χ3v) is 10.8. The first kappa shape index (κ1) is 27.1. The topological polar surface area (TPSA) is 94.1 Å². The van der Waals surface area contributed by atoms with Crippen molar-refractivity contribution in [3.63, 3.8) is 0 Å². The Labute approximate surface area is 251 Å². The Balaban J connectivity index is 1.20. The maximum absolute atomic E-state index is 15.0. The molecule has 3 aromatic rings. The average Bonchev–Trinajstić information content (AvgIpc) is 3.82. The van der Waals surface area contributed by atoms with Gasteiger partial charge in [0.25, 0.3) is 5.91 Å². The van der Waals surface area contributed by atoms with Crippen molar-refractivity contribution in [2.45, 2.75) is 64.0 Å². The number of hydrogen-bond donors (Lipinski definition) is 2. The predicted octanol–water partition coefficient (Wildman–Crippen LogP) is 4.39. The highest BCUT2D eigenvalue weighted by Crippen LogP contribution is 2.44. The van der Waals surface area contributed by atoms with Gasteiger partial charge in [-0.3, -0.25) is 9.69 Å². The third kappa shape index (κ3) is 4.28. The largest absolute Gasteiger partial charge is 0.508 e. The molecule has 5 aliphatic rings. The molecule has 1 spiro atoms. The number of nitrogens with one attached hydrogen (secondary N) is 1. The molecule has 10 heteroatoms. The average molecular weight is 587 g/mol. The van der Waals surface area contributed by atoms with E-state index < -0.39 is 0 Å². The van der Waals surface area contributed by atoms with E-state index in [1.54, 1.807) is 23.1 Å². The van der Waals surface area contributed by atoms with Gasteiger partial charge in [0.1, 0.15) is 29.6 Å². The molecule has 4 saturated heterocycles. The Kier molecular flexibility index (Phi) is 6.31. The smallest absolute Gasteiger partial charge is 0.318 e. The number of aromatic hydroxyl groups is 1. The van der Waals surface area contributed by atoms with Gasteiger partial charge in [0.2, 0.25) is 0 Å². The van der Waals surface area contributed by atoms with Crippen LogP contribution in [0.2, 0.25) is 0 Å². The minimum Gasteiger partial charge on any atom is -0.508 e. The van der Waals surface area contributed by atoms with Crippen LogP contribution in [0.4, 0.5) is 15.9 Å². The number of hydrogen-bond acceptors (Lipinski definition) is 8. The number of carbonyl (C=O) groups excluding carboxylic acids is 1. The summed E-state index contributed by atoms with van der Waals surface area (Å²) in [5.41, 5.74) is 2.36. The second-order valence-electron chi connectivity index (χ2n) is 13.3. The lowest BCUT2D eigenvalue weighted by Crippen LogP contribution is -2.43. The zero-order chi connectivity index (χ0) is 29.3. The molecule has 0 radical (unpaired) electrons. The maximum Gasteiger partial charge on any atom is 0.318 e. The molecule has 8 rings (SSSR count). The standard InChI is InChI=1S/C33H39FN6O3/c1-2-23-24(34)6-5-21-15-22(41)16-26(27(21)23)40-17-25-28(30(40)42)29(38-14-10-32(19-38)9-11-35-18-32)37-31(36-25)43-20-33-7-3-12-39(33)13-4-8-33/h5-6,15-16,35,41H,2-4,7-14,17-20H2,1H3. The normalized spacial score (nSPS) is 24.6. The summed E-state index contributed by atoms with van der Waals surface area (Å²) in [6, 6.07) is 6.60. The molecule has 1 amide bonds. The van der Waals surface area contributed by atoms with Crippen LogP contribution in [0.25, 0.3) is 10.8 Å². The lowest BCUT2D eigenvalue weighted by molar-refractivity contribution is 0.0996. The summed E-state index contributed by atoms with van der Waals surface area (Å²) < 4.78 is 21.4. The molecule has 1 atom stereocenters. The number of amides is 1. The predicted molar refractivity (Wildman–Crippen MR) is 163 cm³/mol. The van der Waals surface area contributed by atoms with Crippen LogP contribution in [0, 0.1) is 11.2 Å². The van der Waals surface area contributed by atoms with E-state index in [4.69, 9.17) is 14.7 Å². The Morgan fingerprint density at radius 1 is 1.09 bits per heavy atom. The number of phenols is 1. The molecular weight excluding hydrogens is 547 g/mol. The van der Waals surface area contributed by atoms with Crippen LogP contribution in [0.5, 0.6) is 11.8 Å². The van der Waals surface area contributed by atoms with Gasteiger partial charge in [0.15, 0.2) is 0 Å². The van der Waals surface area contributed by atoms with Gasteiger partial charge < -0.3 is 25.0 Å². The van der Waals surface area contributed by atoms with Crippen molar-refractivity contribution in [2.75, 3.05) is 55.7 Å². The van der Waals surface area contributed by atoms with Gasteiger partial charge in [-0.15, -0.1) is 0 Å². The van der Waals surface area contributed by atoms with Crippen LogP contribution in [-0.4, -0.2) is 77.3 Å². The Bertz CT molecular complexity index is 1610. The molecule has 43 heavy (non-hydrogen) atoms. The van der Waals surface area contributed by atoms with Gasteiger partial charge in [0.05, 0.1) is 23.5 Å². The van der Waals surface area contributed by atoms with Crippen molar-refractivity contribution in [1.29, 1.82) is 0 Å². The zero-order valence-electron chi connectivity index (χ0n) is 24.8. The lowest BCUT2D eigenvalue weighted by Gasteiger charge is -2.31. The summed E-state index contributed by atoms with van der Waals surface area (Å²) in [7, 11) is 0. The van der Waals surface area contributed by atoms with Gasteiger partial charge >= 0.3 is 6.01 Å². The summed E-state index contributed by atoms with van der Waals surface area (Å²) in [6.07, 6.45) is 7.23. The number of halogens is 1. The number of carbonyl (C=O) groups is 1. The molecule has 4 fully saturated rings. The molecular formula is C33H39FN6O3. The second-order valence-corrected chi connectivity index (χ2v) is 13.3. The number of anilines is 2. The highest BCUT2D eigenvalue weighted by atomic mass is 19.1. The fourth-order valence-corrected chi connectivity index (χ4v) is 8.60. The number of ether oxygens (including phenoxy) is 1. The van der Waals surface area contributed by atoms with E-state index in [1.807, 2.05) is 6.92 Å². The molecule has 0 aliphatic carbocycles. The van der Waals surface area contributed by atoms with Gasteiger partial charge in [-0.2, -0.15) is 9.97 Å². The quantitative estimate of drug-likeness (QED) is 0.439. The van der Waals surface area contributed by atoms with Crippen LogP contribution in [0.15, 0.2) is 24.3 Å². The van der Waals surface area contributed by atoms with E-state index in [0.717, 1.165) is 65.0 Å². The molecule has 2 N–H and O–H groups in total. The number of benzene rings is 2. The van der Waals surface area contributed by atoms with E-state index in [0.29, 0.717) is 58.1 Å². The molecule has 1 aromatic heterocycles. The summed E-state index contributed by atoms with van der Waals surface area (Å²) in [4.78, 5) is 30.6. The molecule has 5 aliphatic heterocycles. The highest BCUT2D eigenvalue weighted by molar-refractivity contribution is 6.16. The first-order chi connectivity index (χ1) is 20.9. The minimum atomic E-state index is -0.318. The van der Waals surface area contributed by atoms with Gasteiger partial charge in [-0.05, 0) is 87.7 Å². The van der Waals surface area contributed by atoms with Crippen LogP contribution < -0.4 is 19.9 Å². The SMILES string of the molecule is CCc1c(F)ccc2cc(O)cc(N3Cc4nc(OCC56CCCN5CCC6)nc(N5CCC6(CCNC6)C5)c4C3=O)c12. The zero-order valence-corrected chi connectivity index (χ0v) is 24.8. The summed E-state index contributed by atoms with van der Waals surface area (Å²) in [6.45, 7) is 8.51. The number of nitrogens with zero attached hydrogens (tertiary/aromatic N) is 5. The molecule has 226 valence electrons. The molecule has 1 unspecified atom stereocenters. The van der Waals surface area contributed by atoms with E-state index in [2.05, 4.69) is 15.1 Å². The minimum absolute atomic E-state index is 0.0300. The van der Waals surface area contributed by atoms with Crippen molar-refractivity contribution in [2.24, 2.45) is 5.41 Å². The monoisotopic (exact) mass is 586 g/mol. The van der Waals surface area contributed by atoms with Crippen LogP contribution in [0.1, 0.15) is 67.1 Å². The van der Waals surface area contributed by atoms with Gasteiger partial charge in [-0.25, -0.2) is 4.39 Å². The van der Waals surface area contributed by atoms with E-state index >= 15 is 0 Å². The number of phenolic OH excluding ortho intramolecular Hbond substituents is 1. The Hall–Kier alpha value is -3.50. The van der Waals surface area contributed by atoms with E-state index in [1.165, 1.54) is 18.9 Å². The van der Waals surface area contributed by atoms with Crippen molar-refractivity contribution in [3.05, 3.63) is 46.9 Å². The van der Waals surface area contributed by atoms with Gasteiger partial charge in [0, 0.05) is 36.5 Å². The summed E-state index contributed by atoms with van der Waals surface area (Å²) >= 11 is 0. The molecule has 6 heterocycles.